The molecule has 0 aromatic rings. The zero-order valence-electron chi connectivity index (χ0n) is 15.3. The van der Waals surface area contributed by atoms with Gasteiger partial charge in [-0.25, -0.2) is 0 Å². The molecule has 0 atom stereocenters. The van der Waals surface area contributed by atoms with E-state index in [-0.39, 0.29) is 35.9 Å². The van der Waals surface area contributed by atoms with Crippen molar-refractivity contribution in [2.24, 2.45) is 10.9 Å². The first kappa shape index (κ1) is 24.7. The molecule has 6 nitrogen and oxygen atoms in total. The monoisotopic (exact) mass is 442 g/mol. The van der Waals surface area contributed by atoms with E-state index in [9.17, 15) is 4.79 Å². The van der Waals surface area contributed by atoms with Crippen LogP contribution in [0.4, 0.5) is 0 Å². The number of amides is 1. The molecule has 0 heterocycles. The van der Waals surface area contributed by atoms with Crippen LogP contribution in [-0.4, -0.2) is 50.8 Å². The predicted octanol–water partition coefficient (Wildman–Crippen LogP) is 2.14. The molecule has 1 amide bonds. The van der Waals surface area contributed by atoms with Gasteiger partial charge in [0.2, 0.25) is 5.91 Å². The molecule has 7 heteroatoms. The van der Waals surface area contributed by atoms with Crippen molar-refractivity contribution in [1.82, 2.24) is 16.0 Å². The van der Waals surface area contributed by atoms with Crippen LogP contribution in [0.1, 0.15) is 47.5 Å². The fraction of sp³-hybridized carbons (Fsp3) is 0.875. The highest BCUT2D eigenvalue weighted by Gasteiger charge is 2.03. The van der Waals surface area contributed by atoms with Crippen LogP contribution in [-0.2, 0) is 9.53 Å². The molecular formula is C16H35IN4O2. The van der Waals surface area contributed by atoms with Crippen molar-refractivity contribution >= 4 is 35.8 Å². The molecule has 0 aliphatic rings. The van der Waals surface area contributed by atoms with Crippen LogP contribution in [0.15, 0.2) is 4.99 Å². The maximum absolute atomic E-state index is 11.6. The molecule has 0 spiro atoms. The minimum atomic E-state index is 0. The SMILES string of the molecule is CCNC(=NCCCOCC(C)C)NCCC(=O)NC(C)C.I. The van der Waals surface area contributed by atoms with E-state index >= 15 is 0 Å². The lowest BCUT2D eigenvalue weighted by Gasteiger charge is -2.12. The van der Waals surface area contributed by atoms with Crippen LogP contribution in [0.2, 0.25) is 0 Å². The van der Waals surface area contributed by atoms with Crippen molar-refractivity contribution in [1.29, 1.82) is 0 Å². The molecule has 0 aromatic carbocycles. The highest BCUT2D eigenvalue weighted by Crippen LogP contribution is 1.93. The van der Waals surface area contributed by atoms with Crippen LogP contribution in [0.25, 0.3) is 0 Å². The highest BCUT2D eigenvalue weighted by atomic mass is 127. The van der Waals surface area contributed by atoms with Crippen molar-refractivity contribution in [3.63, 3.8) is 0 Å². The Balaban J connectivity index is 0. The van der Waals surface area contributed by atoms with E-state index in [0.29, 0.717) is 25.4 Å². The number of nitrogens with one attached hydrogen (secondary N) is 3. The number of carbonyl (C=O) groups is 1. The Kier molecular flexibility index (Phi) is 17.5. The third-order valence-electron chi connectivity index (χ3n) is 2.61. The molecule has 138 valence electrons. The maximum atomic E-state index is 11.6. The normalized spacial score (nSPS) is 11.3. The quantitative estimate of drug-likeness (QED) is 0.198. The van der Waals surface area contributed by atoms with Crippen molar-refractivity contribution < 1.29 is 9.53 Å². The lowest BCUT2D eigenvalue weighted by atomic mass is 10.2. The number of hydrogen-bond donors (Lipinski definition) is 3. The van der Waals surface area contributed by atoms with Crippen molar-refractivity contribution in [2.45, 2.75) is 53.5 Å². The minimum absolute atomic E-state index is 0. The van der Waals surface area contributed by atoms with Gasteiger partial charge in [0.1, 0.15) is 0 Å². The van der Waals surface area contributed by atoms with Crippen LogP contribution in [0.3, 0.4) is 0 Å². The van der Waals surface area contributed by atoms with Gasteiger partial charge in [-0.3, -0.25) is 9.79 Å². The molecular weight excluding hydrogens is 407 g/mol. The molecule has 0 saturated carbocycles. The smallest absolute Gasteiger partial charge is 0.221 e. The number of hydrogen-bond acceptors (Lipinski definition) is 3. The van der Waals surface area contributed by atoms with Crippen LogP contribution in [0.5, 0.6) is 0 Å². The number of ether oxygens (including phenoxy) is 1. The van der Waals surface area contributed by atoms with Gasteiger partial charge in [0.25, 0.3) is 0 Å². The summed E-state index contributed by atoms with van der Waals surface area (Å²) in [6.45, 7) is 13.8. The van der Waals surface area contributed by atoms with Crippen LogP contribution < -0.4 is 16.0 Å². The average molecular weight is 442 g/mol. The molecule has 0 unspecified atom stereocenters. The summed E-state index contributed by atoms with van der Waals surface area (Å²) < 4.78 is 5.52. The van der Waals surface area contributed by atoms with E-state index in [0.717, 1.165) is 32.1 Å². The van der Waals surface area contributed by atoms with Gasteiger partial charge in [0, 0.05) is 45.3 Å². The standard InChI is InChI=1S/C16H34N4O2.HI/c1-6-17-16(18-9-7-11-22-12-13(2)3)19-10-8-15(21)20-14(4)5;/h13-14H,6-12H2,1-5H3,(H,20,21)(H2,17,18,19);1H. The molecule has 0 fully saturated rings. The van der Waals surface area contributed by atoms with E-state index in [1.54, 1.807) is 0 Å². The van der Waals surface area contributed by atoms with Crippen LogP contribution in [0, 0.1) is 5.92 Å². The second kappa shape index (κ2) is 16.3. The third-order valence-corrected chi connectivity index (χ3v) is 2.61. The van der Waals surface area contributed by atoms with E-state index < -0.39 is 0 Å². The predicted molar refractivity (Wildman–Crippen MR) is 108 cm³/mol. The molecule has 0 rings (SSSR count). The van der Waals surface area contributed by atoms with Gasteiger partial charge < -0.3 is 20.7 Å². The Morgan fingerprint density at radius 3 is 2.43 bits per heavy atom. The molecule has 0 bridgehead atoms. The third kappa shape index (κ3) is 17.6. The van der Waals surface area contributed by atoms with Gasteiger partial charge in [-0.2, -0.15) is 0 Å². The average Bonchev–Trinajstić information content (AvgIpc) is 2.41. The topological polar surface area (TPSA) is 74.8 Å². The lowest BCUT2D eigenvalue weighted by molar-refractivity contribution is -0.121. The Hall–Kier alpha value is -0.570. The number of halogens is 1. The lowest BCUT2D eigenvalue weighted by Crippen LogP contribution is -2.40. The Morgan fingerprint density at radius 1 is 1.17 bits per heavy atom. The Labute approximate surface area is 158 Å². The van der Waals surface area contributed by atoms with Crippen molar-refractivity contribution in [2.75, 3.05) is 32.8 Å². The second-order valence-corrected chi connectivity index (χ2v) is 5.98. The first-order chi connectivity index (χ1) is 10.5. The first-order valence-electron chi connectivity index (χ1n) is 8.35. The molecule has 0 aliphatic carbocycles. The zero-order valence-corrected chi connectivity index (χ0v) is 17.6. The number of rotatable bonds is 11. The van der Waals surface area contributed by atoms with Gasteiger partial charge in [0.15, 0.2) is 5.96 Å². The van der Waals surface area contributed by atoms with E-state index in [1.165, 1.54) is 0 Å². The van der Waals surface area contributed by atoms with Gasteiger partial charge in [0.05, 0.1) is 0 Å². The van der Waals surface area contributed by atoms with E-state index in [2.05, 4.69) is 34.8 Å². The summed E-state index contributed by atoms with van der Waals surface area (Å²) >= 11 is 0. The minimum Gasteiger partial charge on any atom is -0.381 e. The van der Waals surface area contributed by atoms with Crippen LogP contribution >= 0.6 is 24.0 Å². The summed E-state index contributed by atoms with van der Waals surface area (Å²) in [5.74, 6) is 1.38. The molecule has 3 N–H and O–H groups in total. The second-order valence-electron chi connectivity index (χ2n) is 5.98. The molecule has 0 aliphatic heterocycles. The molecule has 0 radical (unpaired) electrons. The van der Waals surface area contributed by atoms with E-state index in [4.69, 9.17) is 4.74 Å². The summed E-state index contributed by atoms with van der Waals surface area (Å²) in [6.07, 6.45) is 1.34. The molecule has 0 saturated heterocycles. The fourth-order valence-corrected chi connectivity index (χ4v) is 1.71. The summed E-state index contributed by atoms with van der Waals surface area (Å²) in [6, 6.07) is 0.181. The largest absolute Gasteiger partial charge is 0.381 e. The fourth-order valence-electron chi connectivity index (χ4n) is 1.71. The number of carbonyl (C=O) groups excluding carboxylic acids is 1. The summed E-state index contributed by atoms with van der Waals surface area (Å²) in [7, 11) is 0. The molecule has 0 aromatic heterocycles. The number of aliphatic imine (C=N–C) groups is 1. The zero-order chi connectivity index (χ0) is 16.8. The summed E-state index contributed by atoms with van der Waals surface area (Å²) in [4.78, 5) is 16.0. The number of nitrogens with zero attached hydrogens (tertiary/aromatic N) is 1. The van der Waals surface area contributed by atoms with Gasteiger partial charge >= 0.3 is 0 Å². The molecule has 23 heavy (non-hydrogen) atoms. The van der Waals surface area contributed by atoms with Crippen molar-refractivity contribution in [3.05, 3.63) is 0 Å². The van der Waals surface area contributed by atoms with Gasteiger partial charge in [-0.05, 0) is 33.1 Å². The van der Waals surface area contributed by atoms with E-state index in [1.807, 2.05) is 20.8 Å². The van der Waals surface area contributed by atoms with Crippen molar-refractivity contribution in [3.8, 4) is 0 Å². The van der Waals surface area contributed by atoms with Gasteiger partial charge in [-0.15, -0.1) is 24.0 Å². The highest BCUT2D eigenvalue weighted by molar-refractivity contribution is 14.0. The Bertz CT molecular complexity index is 323. The van der Waals surface area contributed by atoms with Gasteiger partial charge in [-0.1, -0.05) is 13.8 Å². The Morgan fingerprint density at radius 2 is 1.87 bits per heavy atom. The summed E-state index contributed by atoms with van der Waals surface area (Å²) in [5.41, 5.74) is 0. The maximum Gasteiger partial charge on any atom is 0.221 e. The first-order valence-corrected chi connectivity index (χ1v) is 8.35. The number of guanidine groups is 1. The summed E-state index contributed by atoms with van der Waals surface area (Å²) in [5, 5.41) is 9.21.